The summed E-state index contributed by atoms with van der Waals surface area (Å²) in [7, 11) is 3.74. The molecule has 1 aromatic rings. The summed E-state index contributed by atoms with van der Waals surface area (Å²) in [6.45, 7) is 12.1. The molecule has 5 nitrogen and oxygen atoms in total. The van der Waals surface area contributed by atoms with Crippen LogP contribution in [-0.4, -0.2) is 42.6 Å². The van der Waals surface area contributed by atoms with Gasteiger partial charge < -0.3 is 15.0 Å². The Bertz CT molecular complexity index is 387. The molecule has 19 heavy (non-hydrogen) atoms. The molecule has 110 valence electrons. The number of ether oxygens (including phenoxy) is 1. The fourth-order valence-electron chi connectivity index (χ4n) is 2.40. The maximum atomic E-state index is 5.06. The van der Waals surface area contributed by atoms with Crippen molar-refractivity contribution in [2.45, 2.75) is 40.3 Å². The number of nitrogens with zero attached hydrogens (tertiary/aromatic N) is 3. The van der Waals surface area contributed by atoms with Crippen LogP contribution in [0.15, 0.2) is 0 Å². The molecule has 0 aliphatic rings. The van der Waals surface area contributed by atoms with Gasteiger partial charge in [0.25, 0.3) is 0 Å². The molecule has 1 heterocycles. The molecule has 0 atom stereocenters. The second kappa shape index (κ2) is 7.50. The monoisotopic (exact) mass is 268 g/mol. The number of methoxy groups -OCH3 is 1. The smallest absolute Gasteiger partial charge is 0.131 e. The molecule has 0 saturated carbocycles. The van der Waals surface area contributed by atoms with E-state index >= 15 is 0 Å². The van der Waals surface area contributed by atoms with Gasteiger partial charge in [0.15, 0.2) is 0 Å². The summed E-state index contributed by atoms with van der Waals surface area (Å²) in [5.74, 6) is 1.22. The van der Waals surface area contributed by atoms with Gasteiger partial charge in [0, 0.05) is 45.4 Å². The van der Waals surface area contributed by atoms with E-state index in [9.17, 15) is 0 Å². The highest BCUT2D eigenvalue weighted by Gasteiger charge is 2.19. The van der Waals surface area contributed by atoms with Gasteiger partial charge in [0.2, 0.25) is 0 Å². The number of nitrogens with one attached hydrogen (secondary N) is 1. The fourth-order valence-corrected chi connectivity index (χ4v) is 2.40. The highest BCUT2D eigenvalue weighted by molar-refractivity contribution is 5.50. The van der Waals surface area contributed by atoms with E-state index in [2.05, 4.69) is 43.0 Å². The van der Waals surface area contributed by atoms with Crippen molar-refractivity contribution in [3.8, 4) is 0 Å². The standard InChI is InChI=1S/C14H28N4O/c1-7-18(11(2)3)14-13(10-15-8-9-19-6)12(4)16-17(14)5/h11,15H,7-10H2,1-6H3. The number of anilines is 1. The van der Waals surface area contributed by atoms with Crippen LogP contribution < -0.4 is 10.2 Å². The molecule has 0 spiro atoms. The molecule has 0 aliphatic heterocycles. The van der Waals surface area contributed by atoms with Crippen molar-refractivity contribution in [2.24, 2.45) is 7.05 Å². The second-order valence-electron chi connectivity index (χ2n) is 5.06. The molecule has 1 rings (SSSR count). The van der Waals surface area contributed by atoms with E-state index < -0.39 is 0 Å². The average molecular weight is 268 g/mol. The average Bonchev–Trinajstić information content (AvgIpc) is 2.62. The van der Waals surface area contributed by atoms with E-state index in [1.165, 1.54) is 11.4 Å². The van der Waals surface area contributed by atoms with Crippen LogP contribution in [0.3, 0.4) is 0 Å². The lowest BCUT2D eigenvalue weighted by Gasteiger charge is -2.28. The molecule has 0 fully saturated rings. The maximum Gasteiger partial charge on any atom is 0.131 e. The van der Waals surface area contributed by atoms with Crippen molar-refractivity contribution < 1.29 is 4.74 Å². The third-order valence-corrected chi connectivity index (χ3v) is 3.33. The Kier molecular flexibility index (Phi) is 6.31. The number of hydrogen-bond acceptors (Lipinski definition) is 4. The Hall–Kier alpha value is -1.07. The lowest BCUT2D eigenvalue weighted by atomic mass is 10.2. The molecule has 1 N–H and O–H groups in total. The van der Waals surface area contributed by atoms with Crippen LogP contribution in [0.25, 0.3) is 0 Å². The normalized spacial score (nSPS) is 11.3. The number of hydrogen-bond donors (Lipinski definition) is 1. The lowest BCUT2D eigenvalue weighted by Crippen LogP contribution is -2.33. The van der Waals surface area contributed by atoms with Gasteiger partial charge in [0.05, 0.1) is 12.3 Å². The molecule has 0 amide bonds. The van der Waals surface area contributed by atoms with Gasteiger partial charge in [-0.2, -0.15) is 5.10 Å². The molecule has 1 aromatic heterocycles. The van der Waals surface area contributed by atoms with Gasteiger partial charge in [-0.1, -0.05) is 0 Å². The molecule has 0 radical (unpaired) electrons. The topological polar surface area (TPSA) is 42.3 Å². The van der Waals surface area contributed by atoms with E-state index in [0.717, 1.165) is 31.9 Å². The van der Waals surface area contributed by atoms with Crippen molar-refractivity contribution in [3.05, 3.63) is 11.3 Å². The van der Waals surface area contributed by atoms with Crippen molar-refractivity contribution in [1.82, 2.24) is 15.1 Å². The minimum atomic E-state index is 0.470. The number of rotatable bonds is 8. The first-order valence-electron chi connectivity index (χ1n) is 7.01. The van der Waals surface area contributed by atoms with Gasteiger partial charge >= 0.3 is 0 Å². The van der Waals surface area contributed by atoms with Crippen LogP contribution >= 0.6 is 0 Å². The summed E-state index contributed by atoms with van der Waals surface area (Å²) in [5.41, 5.74) is 2.38. The Labute approximate surface area is 116 Å². The zero-order chi connectivity index (χ0) is 14.4. The molecule has 0 aliphatic carbocycles. The molecule has 5 heteroatoms. The van der Waals surface area contributed by atoms with Crippen LogP contribution in [0.1, 0.15) is 32.0 Å². The SMILES string of the molecule is CCN(c1c(CNCCOC)c(C)nn1C)C(C)C. The molecule has 0 saturated heterocycles. The van der Waals surface area contributed by atoms with Crippen LogP contribution in [0.4, 0.5) is 5.82 Å². The summed E-state index contributed by atoms with van der Waals surface area (Å²) in [6, 6.07) is 0.470. The largest absolute Gasteiger partial charge is 0.383 e. The number of aryl methyl sites for hydroxylation is 2. The third kappa shape index (κ3) is 3.94. The van der Waals surface area contributed by atoms with Gasteiger partial charge in [-0.15, -0.1) is 0 Å². The van der Waals surface area contributed by atoms with Crippen molar-refractivity contribution in [3.63, 3.8) is 0 Å². The van der Waals surface area contributed by atoms with E-state index in [4.69, 9.17) is 4.74 Å². The van der Waals surface area contributed by atoms with Crippen molar-refractivity contribution in [1.29, 1.82) is 0 Å². The Balaban J connectivity index is 2.90. The molecule has 0 bridgehead atoms. The van der Waals surface area contributed by atoms with E-state index in [1.54, 1.807) is 7.11 Å². The van der Waals surface area contributed by atoms with Gasteiger partial charge in [-0.25, -0.2) is 0 Å². The quantitative estimate of drug-likeness (QED) is 0.729. The second-order valence-corrected chi connectivity index (χ2v) is 5.06. The predicted octanol–water partition coefficient (Wildman–Crippen LogP) is 1.70. The number of aromatic nitrogens is 2. The molecular weight excluding hydrogens is 240 g/mol. The van der Waals surface area contributed by atoms with Gasteiger partial charge in [-0.05, 0) is 27.7 Å². The van der Waals surface area contributed by atoms with Crippen molar-refractivity contribution >= 4 is 5.82 Å². The van der Waals surface area contributed by atoms with Crippen LogP contribution in [0, 0.1) is 6.92 Å². The minimum Gasteiger partial charge on any atom is -0.383 e. The summed E-state index contributed by atoms with van der Waals surface area (Å²) in [4.78, 5) is 2.38. The first-order valence-corrected chi connectivity index (χ1v) is 7.01. The summed E-state index contributed by atoms with van der Waals surface area (Å²) in [6.07, 6.45) is 0. The van der Waals surface area contributed by atoms with Crippen LogP contribution in [-0.2, 0) is 18.3 Å². The summed E-state index contributed by atoms with van der Waals surface area (Å²) < 4.78 is 7.05. The Morgan fingerprint density at radius 1 is 1.42 bits per heavy atom. The van der Waals surface area contributed by atoms with E-state index in [0.29, 0.717) is 6.04 Å². The minimum absolute atomic E-state index is 0.470. The predicted molar refractivity (Wildman–Crippen MR) is 79.7 cm³/mol. The first-order chi connectivity index (χ1) is 9.02. The highest BCUT2D eigenvalue weighted by atomic mass is 16.5. The summed E-state index contributed by atoms with van der Waals surface area (Å²) >= 11 is 0. The first kappa shape index (κ1) is 16.0. The van der Waals surface area contributed by atoms with Gasteiger partial charge in [0.1, 0.15) is 5.82 Å². The van der Waals surface area contributed by atoms with Crippen molar-refractivity contribution in [2.75, 3.05) is 31.7 Å². The Morgan fingerprint density at radius 2 is 2.11 bits per heavy atom. The van der Waals surface area contributed by atoms with Crippen LogP contribution in [0.5, 0.6) is 0 Å². The zero-order valence-electron chi connectivity index (χ0n) is 13.2. The van der Waals surface area contributed by atoms with Gasteiger partial charge in [-0.3, -0.25) is 4.68 Å². The highest BCUT2D eigenvalue weighted by Crippen LogP contribution is 2.24. The maximum absolute atomic E-state index is 5.06. The lowest BCUT2D eigenvalue weighted by molar-refractivity contribution is 0.199. The van der Waals surface area contributed by atoms with E-state index in [1.807, 2.05) is 11.7 Å². The third-order valence-electron chi connectivity index (χ3n) is 3.33. The fraction of sp³-hybridized carbons (Fsp3) is 0.786. The zero-order valence-corrected chi connectivity index (χ0v) is 13.2. The van der Waals surface area contributed by atoms with Crippen LogP contribution in [0.2, 0.25) is 0 Å². The molecule has 0 aromatic carbocycles. The van der Waals surface area contributed by atoms with E-state index in [-0.39, 0.29) is 0 Å². The molecular formula is C14H28N4O. The summed E-state index contributed by atoms with van der Waals surface area (Å²) in [5, 5.41) is 7.97. The molecule has 0 unspecified atom stereocenters. The Morgan fingerprint density at radius 3 is 2.63 bits per heavy atom.